The van der Waals surface area contributed by atoms with Crippen molar-refractivity contribution in [2.75, 3.05) is 26.2 Å². The van der Waals surface area contributed by atoms with Gasteiger partial charge in [-0.05, 0) is 47.2 Å². The van der Waals surface area contributed by atoms with E-state index in [-0.39, 0.29) is 17.0 Å². The Hall–Kier alpha value is -1.96. The molecule has 1 saturated heterocycles. The van der Waals surface area contributed by atoms with Gasteiger partial charge in [-0.25, -0.2) is 17.9 Å². The van der Waals surface area contributed by atoms with Gasteiger partial charge in [-0.15, -0.1) is 0 Å². The van der Waals surface area contributed by atoms with Gasteiger partial charge < -0.3 is 4.74 Å². The lowest BCUT2D eigenvalue weighted by Gasteiger charge is -2.24. The Kier molecular flexibility index (Phi) is 4.93. The number of nitrogens with two attached hydrogens (primary N) is 1. The summed E-state index contributed by atoms with van der Waals surface area (Å²) in [6.07, 6.45) is 0. The van der Waals surface area contributed by atoms with Crippen molar-refractivity contribution < 1.29 is 17.5 Å². The summed E-state index contributed by atoms with van der Waals surface area (Å²) in [5, 5.41) is 5.18. The number of fused-ring (bicyclic) bond motifs is 1. The van der Waals surface area contributed by atoms with Crippen molar-refractivity contribution in [2.45, 2.75) is 18.1 Å². The summed E-state index contributed by atoms with van der Waals surface area (Å²) in [6, 6.07) is 13.9. The third-order valence-corrected chi connectivity index (χ3v) is 6.97. The van der Waals surface area contributed by atoms with Gasteiger partial charge in [-0.1, -0.05) is 31.2 Å². The monoisotopic (exact) mass is 404 g/mol. The lowest BCUT2D eigenvalue weighted by atomic mass is 9.91. The van der Waals surface area contributed by atoms with E-state index in [1.54, 1.807) is 12.1 Å². The van der Waals surface area contributed by atoms with Crippen LogP contribution < -0.4 is 9.88 Å². The molecule has 7 heteroatoms. The fourth-order valence-electron chi connectivity index (χ4n) is 4.63. The normalized spacial score (nSPS) is 26.8. The van der Waals surface area contributed by atoms with Crippen molar-refractivity contribution in [3.63, 3.8) is 0 Å². The summed E-state index contributed by atoms with van der Waals surface area (Å²) < 4.78 is 41.4. The molecular formula is C21H25FN2O3S. The summed E-state index contributed by atoms with van der Waals surface area (Å²) in [4.78, 5) is 2.40. The molecular weight excluding hydrogens is 379 g/mol. The molecule has 2 atom stereocenters. The molecule has 1 heterocycles. The summed E-state index contributed by atoms with van der Waals surface area (Å²) >= 11 is 0. The van der Waals surface area contributed by atoms with Gasteiger partial charge in [0.05, 0.1) is 5.75 Å². The average molecular weight is 405 g/mol. The molecule has 0 radical (unpaired) electrons. The van der Waals surface area contributed by atoms with Crippen LogP contribution in [0.3, 0.4) is 0 Å². The smallest absolute Gasteiger partial charge is 0.213 e. The Labute approximate surface area is 165 Å². The van der Waals surface area contributed by atoms with E-state index >= 15 is 0 Å². The Morgan fingerprint density at radius 2 is 1.86 bits per heavy atom. The Morgan fingerprint density at radius 1 is 1.18 bits per heavy atom. The summed E-state index contributed by atoms with van der Waals surface area (Å²) in [5.41, 5.74) is 2.05. The number of hydrogen-bond acceptors (Lipinski definition) is 4. The third kappa shape index (κ3) is 3.92. The van der Waals surface area contributed by atoms with E-state index in [4.69, 9.17) is 9.88 Å². The lowest BCUT2D eigenvalue weighted by molar-refractivity contribution is 0.212. The molecule has 5 nitrogen and oxygen atoms in total. The predicted octanol–water partition coefficient (Wildman–Crippen LogP) is 2.51. The molecule has 4 rings (SSSR count). The van der Waals surface area contributed by atoms with Gasteiger partial charge in [-0.3, -0.25) is 4.90 Å². The molecule has 2 aliphatic rings. The quantitative estimate of drug-likeness (QED) is 0.770. The van der Waals surface area contributed by atoms with Crippen molar-refractivity contribution in [3.8, 4) is 5.75 Å². The molecule has 0 bridgehead atoms. The highest BCUT2D eigenvalue weighted by atomic mass is 32.2. The van der Waals surface area contributed by atoms with E-state index in [9.17, 15) is 12.8 Å². The molecule has 0 amide bonds. The molecule has 2 unspecified atom stereocenters. The van der Waals surface area contributed by atoms with E-state index in [1.165, 1.54) is 17.7 Å². The molecule has 0 aromatic heterocycles. The number of halogens is 1. The highest BCUT2D eigenvalue weighted by Gasteiger charge is 2.65. The molecule has 1 aliphatic heterocycles. The minimum atomic E-state index is -3.52. The minimum absolute atomic E-state index is 0.0999. The zero-order valence-electron chi connectivity index (χ0n) is 15.8. The number of benzene rings is 2. The number of piperidine rings is 1. The molecule has 1 aliphatic carbocycles. The van der Waals surface area contributed by atoms with Crippen LogP contribution in [0.1, 0.15) is 18.1 Å². The maximum Gasteiger partial charge on any atom is 0.213 e. The van der Waals surface area contributed by atoms with E-state index in [1.807, 2.05) is 18.2 Å². The van der Waals surface area contributed by atoms with Crippen LogP contribution in [0.2, 0.25) is 0 Å². The van der Waals surface area contributed by atoms with E-state index < -0.39 is 10.0 Å². The maximum atomic E-state index is 12.9. The van der Waals surface area contributed by atoms with Crippen molar-refractivity contribution >= 4 is 10.0 Å². The molecule has 28 heavy (non-hydrogen) atoms. The standard InChI is InChI=1S/C21H25FN2O3S/c1-21(16-4-2-3-15(11-16)14-28(23,25)26)19-12-24(13-20(19)21)9-10-27-18-7-5-17(22)6-8-18/h2-8,11,19-20H,9-10,12-14H2,1H3,(H2,23,25,26). The van der Waals surface area contributed by atoms with Crippen molar-refractivity contribution in [2.24, 2.45) is 17.0 Å². The van der Waals surface area contributed by atoms with Crippen molar-refractivity contribution in [1.29, 1.82) is 0 Å². The van der Waals surface area contributed by atoms with Crippen molar-refractivity contribution in [3.05, 3.63) is 65.5 Å². The zero-order chi connectivity index (χ0) is 19.9. The van der Waals surface area contributed by atoms with Crippen LogP contribution in [0.5, 0.6) is 5.75 Å². The van der Waals surface area contributed by atoms with Crippen LogP contribution in [0.4, 0.5) is 4.39 Å². The molecule has 150 valence electrons. The molecule has 2 N–H and O–H groups in total. The molecule has 2 aromatic rings. The van der Waals surface area contributed by atoms with Gasteiger partial charge in [0.25, 0.3) is 0 Å². The summed E-state index contributed by atoms with van der Waals surface area (Å²) in [5.74, 6) is 1.44. The zero-order valence-corrected chi connectivity index (χ0v) is 16.7. The highest BCUT2D eigenvalue weighted by Crippen LogP contribution is 2.63. The summed E-state index contributed by atoms with van der Waals surface area (Å²) in [7, 11) is -3.52. The summed E-state index contributed by atoms with van der Waals surface area (Å²) in [6.45, 7) is 5.70. The first-order chi connectivity index (χ1) is 13.3. The topological polar surface area (TPSA) is 72.6 Å². The Balaban J connectivity index is 1.31. The Bertz CT molecular complexity index is 950. The van der Waals surface area contributed by atoms with Crippen LogP contribution >= 0.6 is 0 Å². The number of sulfonamides is 1. The fourth-order valence-corrected chi connectivity index (χ4v) is 5.27. The van der Waals surface area contributed by atoms with E-state index in [0.29, 0.717) is 24.2 Å². The number of primary sulfonamides is 1. The fraction of sp³-hybridized carbons (Fsp3) is 0.429. The van der Waals surface area contributed by atoms with Crippen LogP contribution in [0, 0.1) is 17.7 Å². The first-order valence-electron chi connectivity index (χ1n) is 9.46. The van der Waals surface area contributed by atoms with Crippen LogP contribution in [-0.2, 0) is 21.2 Å². The SMILES string of the molecule is CC1(c2cccc(CS(N)(=O)=O)c2)C2CN(CCOc3ccc(F)cc3)CC21. The van der Waals surface area contributed by atoms with E-state index in [2.05, 4.69) is 17.9 Å². The third-order valence-electron chi connectivity index (χ3n) is 6.23. The van der Waals surface area contributed by atoms with Gasteiger partial charge in [0, 0.05) is 25.0 Å². The molecule has 0 spiro atoms. The van der Waals surface area contributed by atoms with Crippen LogP contribution in [-0.4, -0.2) is 39.6 Å². The van der Waals surface area contributed by atoms with Gasteiger partial charge in [-0.2, -0.15) is 0 Å². The number of hydrogen-bond donors (Lipinski definition) is 1. The first kappa shape index (κ1) is 19.4. The van der Waals surface area contributed by atoms with E-state index in [0.717, 1.165) is 25.2 Å². The van der Waals surface area contributed by atoms with Gasteiger partial charge in [0.1, 0.15) is 18.2 Å². The molecule has 2 fully saturated rings. The molecule has 1 saturated carbocycles. The van der Waals surface area contributed by atoms with Crippen LogP contribution in [0.25, 0.3) is 0 Å². The Morgan fingerprint density at radius 3 is 2.50 bits per heavy atom. The van der Waals surface area contributed by atoms with Gasteiger partial charge >= 0.3 is 0 Å². The second kappa shape index (κ2) is 7.13. The van der Waals surface area contributed by atoms with Gasteiger partial charge in [0.2, 0.25) is 10.0 Å². The first-order valence-corrected chi connectivity index (χ1v) is 11.2. The highest BCUT2D eigenvalue weighted by molar-refractivity contribution is 7.88. The predicted molar refractivity (Wildman–Crippen MR) is 106 cm³/mol. The minimum Gasteiger partial charge on any atom is -0.492 e. The second-order valence-corrected chi connectivity index (χ2v) is 9.68. The number of likely N-dealkylation sites (tertiary alicyclic amines) is 1. The maximum absolute atomic E-state index is 12.9. The average Bonchev–Trinajstić information content (AvgIpc) is 2.99. The van der Waals surface area contributed by atoms with Crippen LogP contribution in [0.15, 0.2) is 48.5 Å². The second-order valence-electron chi connectivity index (χ2n) is 8.07. The lowest BCUT2D eigenvalue weighted by Crippen LogP contribution is -2.32. The largest absolute Gasteiger partial charge is 0.492 e. The van der Waals surface area contributed by atoms with Gasteiger partial charge in [0.15, 0.2) is 0 Å². The molecule has 2 aromatic carbocycles. The number of ether oxygens (including phenoxy) is 1. The number of rotatable bonds is 7. The number of nitrogens with zero attached hydrogens (tertiary/aromatic N) is 1. The van der Waals surface area contributed by atoms with Crippen molar-refractivity contribution in [1.82, 2.24) is 4.90 Å².